The summed E-state index contributed by atoms with van der Waals surface area (Å²) in [5.41, 5.74) is 0. The van der Waals surface area contributed by atoms with Crippen molar-refractivity contribution >= 4 is 0 Å². The summed E-state index contributed by atoms with van der Waals surface area (Å²) in [6.45, 7) is 6.54. The zero-order valence-corrected chi connectivity index (χ0v) is 10.7. The predicted molar refractivity (Wildman–Crippen MR) is 66.7 cm³/mol. The van der Waals surface area contributed by atoms with Crippen LogP contribution in [0.15, 0.2) is 0 Å². The van der Waals surface area contributed by atoms with Crippen molar-refractivity contribution in [3.8, 4) is 0 Å². The van der Waals surface area contributed by atoms with Gasteiger partial charge in [0.1, 0.15) is 0 Å². The molecule has 2 fully saturated rings. The Bertz CT molecular complexity index is 200. The van der Waals surface area contributed by atoms with E-state index in [0.717, 1.165) is 31.7 Å². The van der Waals surface area contributed by atoms with E-state index < -0.39 is 0 Å². The Morgan fingerprint density at radius 2 is 1.94 bits per heavy atom. The first-order valence-corrected chi connectivity index (χ1v) is 6.78. The lowest BCUT2D eigenvalue weighted by Crippen LogP contribution is -2.41. The molecule has 3 heteroatoms. The first-order valence-electron chi connectivity index (χ1n) is 6.78. The monoisotopic (exact) mass is 226 g/mol. The fraction of sp³-hybridized carbons (Fsp3) is 1.00. The Kier molecular flexibility index (Phi) is 4.62. The Morgan fingerprint density at radius 3 is 2.56 bits per heavy atom. The minimum atomic E-state index is 0.693. The van der Waals surface area contributed by atoms with Gasteiger partial charge in [0.15, 0.2) is 0 Å². The Morgan fingerprint density at radius 1 is 1.25 bits per heavy atom. The first-order chi connectivity index (χ1) is 7.77. The quantitative estimate of drug-likeness (QED) is 0.742. The largest absolute Gasteiger partial charge is 0.381 e. The van der Waals surface area contributed by atoms with Crippen molar-refractivity contribution in [3.05, 3.63) is 0 Å². The smallest absolute Gasteiger partial charge is 0.0480 e. The molecule has 0 aromatic rings. The summed E-state index contributed by atoms with van der Waals surface area (Å²) in [6.07, 6.45) is 5.25. The molecule has 16 heavy (non-hydrogen) atoms. The van der Waals surface area contributed by atoms with Crippen molar-refractivity contribution in [1.82, 2.24) is 10.2 Å². The van der Waals surface area contributed by atoms with Gasteiger partial charge in [-0.05, 0) is 45.6 Å². The molecule has 0 radical (unpaired) electrons. The standard InChI is InChI=1S/C13H26N2O/c1-11(12-3-4-12)15(2)8-7-14-13-5-9-16-10-6-13/h11-14H,3-10H2,1-2H3. The number of hydrogen-bond acceptors (Lipinski definition) is 3. The van der Waals surface area contributed by atoms with Gasteiger partial charge in [0.2, 0.25) is 0 Å². The Balaban J connectivity index is 1.55. The molecule has 0 spiro atoms. The van der Waals surface area contributed by atoms with Gasteiger partial charge in [0.05, 0.1) is 0 Å². The highest BCUT2D eigenvalue weighted by molar-refractivity contribution is 4.84. The van der Waals surface area contributed by atoms with E-state index in [0.29, 0.717) is 6.04 Å². The van der Waals surface area contributed by atoms with Crippen molar-refractivity contribution in [1.29, 1.82) is 0 Å². The van der Waals surface area contributed by atoms with E-state index >= 15 is 0 Å². The summed E-state index contributed by atoms with van der Waals surface area (Å²) in [5, 5.41) is 3.65. The van der Waals surface area contributed by atoms with Gasteiger partial charge in [-0.25, -0.2) is 0 Å². The number of ether oxygens (including phenoxy) is 1. The summed E-state index contributed by atoms with van der Waals surface area (Å²) in [7, 11) is 2.26. The van der Waals surface area contributed by atoms with Crippen LogP contribution in [0.1, 0.15) is 32.6 Å². The van der Waals surface area contributed by atoms with Gasteiger partial charge >= 0.3 is 0 Å². The molecule has 1 aliphatic heterocycles. The fourth-order valence-corrected chi connectivity index (χ4v) is 2.49. The molecule has 1 aliphatic carbocycles. The fourth-order valence-electron chi connectivity index (χ4n) is 2.49. The molecule has 1 heterocycles. The second kappa shape index (κ2) is 5.99. The van der Waals surface area contributed by atoms with E-state index in [1.54, 1.807) is 0 Å². The lowest BCUT2D eigenvalue weighted by molar-refractivity contribution is 0.0770. The maximum Gasteiger partial charge on any atom is 0.0480 e. The predicted octanol–water partition coefficient (Wildman–Crippen LogP) is 1.49. The summed E-state index contributed by atoms with van der Waals surface area (Å²) >= 11 is 0. The van der Waals surface area contributed by atoms with Crippen LogP contribution in [0.25, 0.3) is 0 Å². The molecule has 2 rings (SSSR count). The van der Waals surface area contributed by atoms with Gasteiger partial charge < -0.3 is 15.0 Å². The van der Waals surface area contributed by atoms with Crippen LogP contribution in [0.4, 0.5) is 0 Å². The maximum atomic E-state index is 5.35. The third-order valence-electron chi connectivity index (χ3n) is 4.12. The van der Waals surface area contributed by atoms with Crippen LogP contribution in [-0.2, 0) is 4.74 Å². The zero-order chi connectivity index (χ0) is 11.4. The zero-order valence-electron chi connectivity index (χ0n) is 10.7. The van der Waals surface area contributed by atoms with Gasteiger partial charge in [-0.3, -0.25) is 0 Å². The third kappa shape index (κ3) is 3.72. The maximum absolute atomic E-state index is 5.35. The molecule has 0 bridgehead atoms. The van der Waals surface area contributed by atoms with Crippen LogP contribution >= 0.6 is 0 Å². The summed E-state index contributed by atoms with van der Waals surface area (Å²) in [5.74, 6) is 0.980. The molecular formula is C13H26N2O. The van der Waals surface area contributed by atoms with Crippen molar-refractivity contribution in [3.63, 3.8) is 0 Å². The molecule has 1 atom stereocenters. The van der Waals surface area contributed by atoms with Crippen molar-refractivity contribution in [2.75, 3.05) is 33.4 Å². The Hall–Kier alpha value is -0.120. The van der Waals surface area contributed by atoms with Gasteiger partial charge in [-0.2, -0.15) is 0 Å². The van der Waals surface area contributed by atoms with Crippen molar-refractivity contribution in [2.24, 2.45) is 5.92 Å². The number of likely N-dealkylation sites (N-methyl/N-ethyl adjacent to an activating group) is 1. The van der Waals surface area contributed by atoms with Gasteiger partial charge in [0, 0.05) is 38.4 Å². The highest BCUT2D eigenvalue weighted by Crippen LogP contribution is 2.34. The molecule has 94 valence electrons. The first kappa shape index (κ1) is 12.3. The Labute approximate surface area is 99.5 Å². The lowest BCUT2D eigenvalue weighted by Gasteiger charge is -2.27. The van der Waals surface area contributed by atoms with Gasteiger partial charge in [-0.1, -0.05) is 0 Å². The molecule has 0 aromatic carbocycles. The molecule has 2 aliphatic rings. The molecule has 0 aromatic heterocycles. The summed E-state index contributed by atoms with van der Waals surface area (Å²) in [6, 6.07) is 1.47. The van der Waals surface area contributed by atoms with E-state index in [2.05, 4.69) is 24.2 Å². The van der Waals surface area contributed by atoms with Crippen LogP contribution in [0, 0.1) is 5.92 Å². The van der Waals surface area contributed by atoms with Gasteiger partial charge in [-0.15, -0.1) is 0 Å². The molecule has 1 saturated carbocycles. The van der Waals surface area contributed by atoms with Crippen LogP contribution in [0.5, 0.6) is 0 Å². The molecule has 0 amide bonds. The molecule has 1 saturated heterocycles. The number of rotatable bonds is 6. The SMILES string of the molecule is CC(C1CC1)N(C)CCNC1CCOCC1. The average Bonchev–Trinajstić information content (AvgIpc) is 3.13. The second-order valence-corrected chi connectivity index (χ2v) is 5.40. The molecule has 1 unspecified atom stereocenters. The van der Waals surface area contributed by atoms with Crippen LogP contribution in [0.3, 0.4) is 0 Å². The highest BCUT2D eigenvalue weighted by atomic mass is 16.5. The van der Waals surface area contributed by atoms with Crippen LogP contribution in [-0.4, -0.2) is 50.3 Å². The minimum absolute atomic E-state index is 0.693. The summed E-state index contributed by atoms with van der Waals surface area (Å²) < 4.78 is 5.35. The molecule has 1 N–H and O–H groups in total. The number of nitrogens with zero attached hydrogens (tertiary/aromatic N) is 1. The molecule has 3 nitrogen and oxygen atoms in total. The number of hydrogen-bond donors (Lipinski definition) is 1. The van der Waals surface area contributed by atoms with E-state index in [-0.39, 0.29) is 0 Å². The van der Waals surface area contributed by atoms with E-state index in [1.807, 2.05) is 0 Å². The third-order valence-corrected chi connectivity index (χ3v) is 4.12. The van der Waals surface area contributed by atoms with Gasteiger partial charge in [0.25, 0.3) is 0 Å². The highest BCUT2D eigenvalue weighted by Gasteiger charge is 2.30. The number of nitrogens with one attached hydrogen (secondary N) is 1. The van der Waals surface area contributed by atoms with Crippen LogP contribution in [0.2, 0.25) is 0 Å². The second-order valence-electron chi connectivity index (χ2n) is 5.40. The normalized spacial score (nSPS) is 24.9. The molecular weight excluding hydrogens is 200 g/mol. The van der Waals surface area contributed by atoms with Crippen molar-refractivity contribution < 1.29 is 4.74 Å². The minimum Gasteiger partial charge on any atom is -0.381 e. The average molecular weight is 226 g/mol. The van der Waals surface area contributed by atoms with E-state index in [4.69, 9.17) is 4.74 Å². The van der Waals surface area contributed by atoms with Crippen molar-refractivity contribution in [2.45, 2.75) is 44.7 Å². The van der Waals surface area contributed by atoms with E-state index in [1.165, 1.54) is 32.2 Å². The summed E-state index contributed by atoms with van der Waals surface area (Å²) in [4.78, 5) is 2.50. The lowest BCUT2D eigenvalue weighted by atomic mass is 10.1. The van der Waals surface area contributed by atoms with E-state index in [9.17, 15) is 0 Å². The topological polar surface area (TPSA) is 24.5 Å². The van der Waals surface area contributed by atoms with Crippen LogP contribution < -0.4 is 5.32 Å².